The van der Waals surface area contributed by atoms with Crippen LogP contribution < -0.4 is 0 Å². The molecular weight excluding hydrogens is 234 g/mol. The molecular formula is C9H16BrNO2. The van der Waals surface area contributed by atoms with Crippen molar-refractivity contribution in [3.63, 3.8) is 0 Å². The molecule has 0 aromatic rings. The molecule has 1 aliphatic rings. The summed E-state index contributed by atoms with van der Waals surface area (Å²) in [7, 11) is 0. The number of nitrogens with zero attached hydrogens (tertiary/aromatic N) is 1. The molecule has 0 saturated heterocycles. The molecule has 0 atom stereocenters. The van der Waals surface area contributed by atoms with E-state index in [0.717, 1.165) is 12.8 Å². The van der Waals surface area contributed by atoms with Crippen LogP contribution in [0.5, 0.6) is 0 Å². The van der Waals surface area contributed by atoms with Crippen LogP contribution in [0.15, 0.2) is 0 Å². The molecule has 0 radical (unpaired) electrons. The SMILES string of the molecule is O=C(CCBr)N(CCO)C1CCC1. The number of rotatable bonds is 5. The maximum atomic E-state index is 11.6. The fraction of sp³-hybridized carbons (Fsp3) is 0.889. The number of alkyl halides is 1. The van der Waals surface area contributed by atoms with E-state index < -0.39 is 0 Å². The van der Waals surface area contributed by atoms with Gasteiger partial charge in [0.25, 0.3) is 0 Å². The molecule has 0 heterocycles. The molecule has 13 heavy (non-hydrogen) atoms. The summed E-state index contributed by atoms with van der Waals surface area (Å²) in [6.45, 7) is 0.570. The van der Waals surface area contributed by atoms with Crippen LogP contribution in [0.3, 0.4) is 0 Å². The molecule has 1 fully saturated rings. The van der Waals surface area contributed by atoms with E-state index >= 15 is 0 Å². The minimum absolute atomic E-state index is 0.0739. The highest BCUT2D eigenvalue weighted by Gasteiger charge is 2.27. The third kappa shape index (κ3) is 2.95. The van der Waals surface area contributed by atoms with Gasteiger partial charge in [0.2, 0.25) is 5.91 Å². The zero-order valence-corrected chi connectivity index (χ0v) is 9.29. The first kappa shape index (κ1) is 11.0. The summed E-state index contributed by atoms with van der Waals surface area (Å²) in [6.07, 6.45) is 3.97. The van der Waals surface area contributed by atoms with Gasteiger partial charge in [-0.3, -0.25) is 4.79 Å². The van der Waals surface area contributed by atoms with Crippen molar-refractivity contribution in [1.82, 2.24) is 4.90 Å². The van der Waals surface area contributed by atoms with Gasteiger partial charge in [-0.1, -0.05) is 15.9 Å². The first-order chi connectivity index (χ1) is 6.29. The van der Waals surface area contributed by atoms with E-state index in [2.05, 4.69) is 15.9 Å². The van der Waals surface area contributed by atoms with Gasteiger partial charge in [0.1, 0.15) is 0 Å². The van der Waals surface area contributed by atoms with Gasteiger partial charge in [-0.25, -0.2) is 0 Å². The second-order valence-electron chi connectivity index (χ2n) is 3.33. The van der Waals surface area contributed by atoms with Crippen LogP contribution >= 0.6 is 15.9 Å². The average molecular weight is 250 g/mol. The van der Waals surface area contributed by atoms with E-state index in [0.29, 0.717) is 24.3 Å². The lowest BCUT2D eigenvalue weighted by Gasteiger charge is -2.37. The van der Waals surface area contributed by atoms with Crippen LogP contribution in [0.4, 0.5) is 0 Å². The summed E-state index contributed by atoms with van der Waals surface area (Å²) in [5.41, 5.74) is 0. The Balaban J connectivity index is 2.40. The van der Waals surface area contributed by atoms with E-state index in [-0.39, 0.29) is 12.5 Å². The van der Waals surface area contributed by atoms with Crippen LogP contribution in [0.1, 0.15) is 25.7 Å². The maximum absolute atomic E-state index is 11.6. The van der Waals surface area contributed by atoms with Gasteiger partial charge in [-0.15, -0.1) is 0 Å². The molecule has 1 aliphatic carbocycles. The minimum Gasteiger partial charge on any atom is -0.395 e. The van der Waals surface area contributed by atoms with E-state index in [1.54, 1.807) is 0 Å². The summed E-state index contributed by atoms with van der Waals surface area (Å²) < 4.78 is 0. The zero-order valence-electron chi connectivity index (χ0n) is 7.71. The van der Waals surface area contributed by atoms with Gasteiger partial charge < -0.3 is 10.0 Å². The van der Waals surface area contributed by atoms with Crippen molar-refractivity contribution in [2.24, 2.45) is 0 Å². The second-order valence-corrected chi connectivity index (χ2v) is 4.13. The molecule has 4 heteroatoms. The van der Waals surface area contributed by atoms with Crippen molar-refractivity contribution in [2.75, 3.05) is 18.5 Å². The molecule has 1 N–H and O–H groups in total. The van der Waals surface area contributed by atoms with Crippen LogP contribution in [-0.4, -0.2) is 40.4 Å². The van der Waals surface area contributed by atoms with Crippen molar-refractivity contribution >= 4 is 21.8 Å². The van der Waals surface area contributed by atoms with E-state index in [1.165, 1.54) is 6.42 Å². The van der Waals surface area contributed by atoms with Gasteiger partial charge in [-0.2, -0.15) is 0 Å². The third-order valence-corrected chi connectivity index (χ3v) is 2.88. The van der Waals surface area contributed by atoms with Crippen molar-refractivity contribution in [3.05, 3.63) is 0 Å². The second kappa shape index (κ2) is 5.60. The van der Waals surface area contributed by atoms with Crippen LogP contribution in [0.2, 0.25) is 0 Å². The van der Waals surface area contributed by atoms with E-state index in [9.17, 15) is 4.79 Å². The molecule has 1 saturated carbocycles. The third-order valence-electron chi connectivity index (χ3n) is 2.49. The Morgan fingerprint density at radius 2 is 2.23 bits per heavy atom. The Morgan fingerprint density at radius 1 is 1.54 bits per heavy atom. The Bertz CT molecular complexity index is 171. The Hall–Kier alpha value is -0.0900. The highest BCUT2D eigenvalue weighted by molar-refractivity contribution is 9.09. The molecule has 0 unspecified atom stereocenters. The lowest BCUT2D eigenvalue weighted by molar-refractivity contribution is -0.135. The molecule has 1 amide bonds. The summed E-state index contributed by atoms with van der Waals surface area (Å²) in [6, 6.07) is 0.402. The van der Waals surface area contributed by atoms with Crippen molar-refractivity contribution in [2.45, 2.75) is 31.7 Å². The molecule has 3 nitrogen and oxygen atoms in total. The molecule has 0 aromatic heterocycles. The molecule has 0 spiro atoms. The van der Waals surface area contributed by atoms with Gasteiger partial charge in [0.15, 0.2) is 0 Å². The van der Waals surface area contributed by atoms with E-state index in [4.69, 9.17) is 5.11 Å². The summed E-state index contributed by atoms with van der Waals surface area (Å²) in [5, 5.41) is 9.53. The summed E-state index contributed by atoms with van der Waals surface area (Å²) >= 11 is 3.25. The summed E-state index contributed by atoms with van der Waals surface area (Å²) in [5.74, 6) is 0.163. The number of halogens is 1. The van der Waals surface area contributed by atoms with Crippen molar-refractivity contribution in [3.8, 4) is 0 Å². The van der Waals surface area contributed by atoms with Gasteiger partial charge in [0.05, 0.1) is 6.61 Å². The molecule has 76 valence electrons. The number of hydrogen-bond acceptors (Lipinski definition) is 2. The standard InChI is InChI=1S/C9H16BrNO2/c10-5-4-9(13)11(6-7-12)8-2-1-3-8/h8,12H,1-7H2. The highest BCUT2D eigenvalue weighted by Crippen LogP contribution is 2.25. The number of aliphatic hydroxyl groups is 1. The van der Waals surface area contributed by atoms with Gasteiger partial charge >= 0.3 is 0 Å². The smallest absolute Gasteiger partial charge is 0.223 e. The predicted octanol–water partition coefficient (Wildman–Crippen LogP) is 1.14. The number of aliphatic hydroxyl groups excluding tert-OH is 1. The average Bonchev–Trinajstić information content (AvgIpc) is 2.01. The first-order valence-electron chi connectivity index (χ1n) is 4.76. The lowest BCUT2D eigenvalue weighted by atomic mass is 9.91. The predicted molar refractivity (Wildman–Crippen MR) is 54.8 cm³/mol. The lowest BCUT2D eigenvalue weighted by Crippen LogP contribution is -2.45. The largest absolute Gasteiger partial charge is 0.395 e. The number of hydrogen-bond donors (Lipinski definition) is 1. The number of amides is 1. The summed E-state index contributed by atoms with van der Waals surface area (Å²) in [4.78, 5) is 13.4. The molecule has 0 aromatic carbocycles. The molecule has 1 rings (SSSR count). The number of carbonyl (C=O) groups is 1. The van der Waals surface area contributed by atoms with Gasteiger partial charge in [-0.05, 0) is 19.3 Å². The normalized spacial score (nSPS) is 16.8. The van der Waals surface area contributed by atoms with Crippen LogP contribution in [0, 0.1) is 0 Å². The zero-order chi connectivity index (χ0) is 9.68. The fourth-order valence-corrected chi connectivity index (χ4v) is 1.88. The van der Waals surface area contributed by atoms with Crippen LogP contribution in [-0.2, 0) is 4.79 Å². The monoisotopic (exact) mass is 249 g/mol. The molecule has 0 bridgehead atoms. The van der Waals surface area contributed by atoms with E-state index in [1.807, 2.05) is 4.90 Å². The minimum atomic E-state index is 0.0739. The quantitative estimate of drug-likeness (QED) is 0.743. The Morgan fingerprint density at radius 3 is 2.62 bits per heavy atom. The van der Waals surface area contributed by atoms with Crippen molar-refractivity contribution in [1.29, 1.82) is 0 Å². The molecule has 0 aliphatic heterocycles. The van der Waals surface area contributed by atoms with Gasteiger partial charge in [0, 0.05) is 24.3 Å². The maximum Gasteiger partial charge on any atom is 0.223 e. The topological polar surface area (TPSA) is 40.5 Å². The Labute approximate surface area is 87.2 Å². The fourth-order valence-electron chi connectivity index (χ4n) is 1.54. The first-order valence-corrected chi connectivity index (χ1v) is 5.88. The Kier molecular flexibility index (Phi) is 4.73. The van der Waals surface area contributed by atoms with Crippen LogP contribution in [0.25, 0.3) is 0 Å². The highest BCUT2D eigenvalue weighted by atomic mass is 79.9. The number of carbonyl (C=O) groups excluding carboxylic acids is 1. The van der Waals surface area contributed by atoms with Crippen molar-refractivity contribution < 1.29 is 9.90 Å².